The van der Waals surface area contributed by atoms with Gasteiger partial charge < -0.3 is 9.47 Å². The van der Waals surface area contributed by atoms with E-state index in [1.807, 2.05) is 97.1 Å². The summed E-state index contributed by atoms with van der Waals surface area (Å²) in [5, 5.41) is 9.46. The van der Waals surface area contributed by atoms with Crippen molar-refractivity contribution in [2.45, 2.75) is 12.3 Å². The van der Waals surface area contributed by atoms with Crippen molar-refractivity contribution >= 4 is 0 Å². The average Bonchev–Trinajstić information content (AvgIpc) is 3.46. The summed E-state index contributed by atoms with van der Waals surface area (Å²) in [6.45, 7) is 10.6. The Morgan fingerprint density at radius 3 is 1.94 bits per heavy atom. The lowest BCUT2D eigenvalue weighted by atomic mass is 9.74. The first-order chi connectivity index (χ1) is 25.4. The molecule has 0 radical (unpaired) electrons. The van der Waals surface area contributed by atoms with Gasteiger partial charge in [-0.1, -0.05) is 104 Å². The van der Waals surface area contributed by atoms with E-state index < -0.39 is 5.41 Å². The van der Waals surface area contributed by atoms with Crippen molar-refractivity contribution in [3.8, 4) is 85.5 Å². The van der Waals surface area contributed by atoms with Crippen LogP contribution in [0.4, 0.5) is 0 Å². The molecule has 1 aromatic heterocycles. The molecular formula is C46H30N4O2. The smallest absolute Gasteiger partial charge is 0.170 e. The number of aromatic nitrogens is 3. The summed E-state index contributed by atoms with van der Waals surface area (Å²) < 4.78 is 13.1. The Morgan fingerprint density at radius 2 is 1.17 bits per heavy atom. The first-order valence-corrected chi connectivity index (χ1v) is 17.0. The van der Waals surface area contributed by atoms with E-state index in [1.165, 1.54) is 5.56 Å². The average molecular weight is 671 g/mol. The lowest BCUT2D eigenvalue weighted by Crippen LogP contribution is -2.22. The van der Waals surface area contributed by atoms with Crippen LogP contribution in [0, 0.1) is 11.3 Å². The van der Waals surface area contributed by atoms with Crippen LogP contribution >= 0.6 is 0 Å². The van der Waals surface area contributed by atoms with Crippen LogP contribution in [-0.4, -0.2) is 15.0 Å². The number of hydrogen-bond acceptors (Lipinski definition) is 6. The second-order valence-corrected chi connectivity index (χ2v) is 13.1. The highest BCUT2D eigenvalue weighted by Gasteiger charge is 2.42. The van der Waals surface area contributed by atoms with E-state index in [0.717, 1.165) is 50.1 Å². The second-order valence-electron chi connectivity index (χ2n) is 13.1. The molecule has 2 aliphatic rings. The van der Waals surface area contributed by atoms with E-state index in [9.17, 15) is 5.26 Å². The molecule has 0 saturated heterocycles. The molecule has 0 fully saturated rings. The largest absolute Gasteiger partial charge is 0.450 e. The number of fused-ring (bicyclic) bond motifs is 5. The number of nitrogens with zero attached hydrogens (tertiary/aromatic N) is 4. The van der Waals surface area contributed by atoms with Crippen molar-refractivity contribution in [1.29, 1.82) is 5.26 Å². The third-order valence-electron chi connectivity index (χ3n) is 10.0. The predicted molar refractivity (Wildman–Crippen MR) is 204 cm³/mol. The minimum atomic E-state index is -0.441. The first-order valence-electron chi connectivity index (χ1n) is 17.0. The van der Waals surface area contributed by atoms with Gasteiger partial charge in [-0.2, -0.15) is 5.26 Å². The van der Waals surface area contributed by atoms with Gasteiger partial charge in [0.25, 0.3) is 0 Å². The van der Waals surface area contributed by atoms with Gasteiger partial charge in [0, 0.05) is 22.1 Å². The van der Waals surface area contributed by atoms with Gasteiger partial charge in [-0.3, -0.25) is 0 Å². The Balaban J connectivity index is 1.12. The molecular weight excluding hydrogens is 641 g/mol. The number of allylic oxidation sites excluding steroid dienone is 2. The Hall–Kier alpha value is -7.10. The number of rotatable bonds is 6. The SMILES string of the molecule is C=CC(=C)C1(C)c2ccccc2-c2cc3c(cc21)Oc1ccc(-c2nc(-c4ccccc4)nc(-c4cccc(-c5cccc(C#N)c5)c4)n2)cc1O3. The standard InChI is InChI=1S/C46H30N4O2/c1-4-28(2)46(3)37-19-9-8-18-35(37)36-25-41-42(26-38(36)46)51-39-21-20-34(24-40(39)52-41)45-49-43(30-13-6-5-7-14-30)48-44(50-45)33-17-11-16-32(23-33)31-15-10-12-29(22-31)27-47/h4-26H,1-2H2,3H3. The quantitative estimate of drug-likeness (QED) is 0.164. The molecule has 0 N–H and O–H groups in total. The molecule has 1 aliphatic heterocycles. The van der Waals surface area contributed by atoms with Crippen LogP contribution in [-0.2, 0) is 5.41 Å². The lowest BCUT2D eigenvalue weighted by molar-refractivity contribution is 0.359. The van der Waals surface area contributed by atoms with E-state index in [1.54, 1.807) is 6.07 Å². The zero-order valence-corrected chi connectivity index (χ0v) is 28.3. The summed E-state index contributed by atoms with van der Waals surface area (Å²) in [7, 11) is 0. The monoisotopic (exact) mass is 670 g/mol. The van der Waals surface area contributed by atoms with E-state index in [-0.39, 0.29) is 0 Å². The maximum absolute atomic E-state index is 9.46. The van der Waals surface area contributed by atoms with Gasteiger partial charge in [0.2, 0.25) is 0 Å². The fourth-order valence-corrected chi connectivity index (χ4v) is 7.21. The van der Waals surface area contributed by atoms with Crippen LogP contribution in [0.25, 0.3) is 56.4 Å². The second kappa shape index (κ2) is 12.0. The fraction of sp³-hybridized carbons (Fsp3) is 0.0435. The maximum Gasteiger partial charge on any atom is 0.170 e. The molecule has 2 heterocycles. The maximum atomic E-state index is 9.46. The van der Waals surface area contributed by atoms with E-state index in [0.29, 0.717) is 46.0 Å². The number of nitriles is 1. The minimum absolute atomic E-state index is 0.441. The molecule has 7 aromatic rings. The molecule has 6 heteroatoms. The molecule has 0 amide bonds. The van der Waals surface area contributed by atoms with Crippen LogP contribution in [0.3, 0.4) is 0 Å². The zero-order chi connectivity index (χ0) is 35.4. The third-order valence-corrected chi connectivity index (χ3v) is 10.0. The normalized spacial score (nSPS) is 14.8. The number of benzene rings is 6. The number of hydrogen-bond donors (Lipinski definition) is 0. The van der Waals surface area contributed by atoms with Crippen molar-refractivity contribution in [3.63, 3.8) is 0 Å². The van der Waals surface area contributed by atoms with Crippen molar-refractivity contribution in [1.82, 2.24) is 15.0 Å². The van der Waals surface area contributed by atoms with Gasteiger partial charge in [0.15, 0.2) is 40.5 Å². The zero-order valence-electron chi connectivity index (χ0n) is 28.3. The summed E-state index contributed by atoms with van der Waals surface area (Å²) in [6.07, 6.45) is 1.83. The molecule has 1 atom stereocenters. The molecule has 246 valence electrons. The minimum Gasteiger partial charge on any atom is -0.450 e. The van der Waals surface area contributed by atoms with Crippen molar-refractivity contribution in [3.05, 3.63) is 175 Å². The molecule has 0 bridgehead atoms. The van der Waals surface area contributed by atoms with E-state index in [2.05, 4.69) is 62.5 Å². The van der Waals surface area contributed by atoms with Crippen LogP contribution in [0.5, 0.6) is 23.0 Å². The van der Waals surface area contributed by atoms with Gasteiger partial charge in [-0.05, 0) is 94.4 Å². The van der Waals surface area contributed by atoms with Crippen molar-refractivity contribution < 1.29 is 9.47 Å². The molecule has 0 saturated carbocycles. The lowest BCUT2D eigenvalue weighted by Gasteiger charge is -2.29. The molecule has 9 rings (SSSR count). The molecule has 6 nitrogen and oxygen atoms in total. The van der Waals surface area contributed by atoms with Crippen molar-refractivity contribution in [2.75, 3.05) is 0 Å². The highest BCUT2D eigenvalue weighted by atomic mass is 16.6. The van der Waals surface area contributed by atoms with Crippen LogP contribution in [0.15, 0.2) is 158 Å². The Kier molecular flexibility index (Phi) is 7.16. The van der Waals surface area contributed by atoms with Crippen LogP contribution in [0.2, 0.25) is 0 Å². The summed E-state index contributed by atoms with van der Waals surface area (Å²) in [5.41, 5.74) is 9.94. The molecule has 6 aromatic carbocycles. The fourth-order valence-electron chi connectivity index (χ4n) is 7.21. The van der Waals surface area contributed by atoms with Crippen molar-refractivity contribution in [2.24, 2.45) is 0 Å². The summed E-state index contributed by atoms with van der Waals surface area (Å²) in [5.74, 6) is 4.02. The van der Waals surface area contributed by atoms with E-state index >= 15 is 0 Å². The molecule has 1 unspecified atom stereocenters. The van der Waals surface area contributed by atoms with Crippen LogP contribution < -0.4 is 9.47 Å². The molecule has 52 heavy (non-hydrogen) atoms. The summed E-state index contributed by atoms with van der Waals surface area (Å²) in [6, 6.07) is 46.0. The van der Waals surface area contributed by atoms with Gasteiger partial charge in [-0.15, -0.1) is 0 Å². The Labute approximate surface area is 301 Å². The Morgan fingerprint density at radius 1 is 0.577 bits per heavy atom. The topological polar surface area (TPSA) is 80.9 Å². The van der Waals surface area contributed by atoms with Gasteiger partial charge >= 0.3 is 0 Å². The summed E-state index contributed by atoms with van der Waals surface area (Å²) >= 11 is 0. The molecule has 1 aliphatic carbocycles. The van der Waals surface area contributed by atoms with E-state index in [4.69, 9.17) is 24.4 Å². The van der Waals surface area contributed by atoms with Gasteiger partial charge in [0.05, 0.1) is 11.6 Å². The highest BCUT2D eigenvalue weighted by molar-refractivity contribution is 5.86. The Bertz CT molecular complexity index is 2660. The first kappa shape index (κ1) is 30.9. The third kappa shape index (κ3) is 4.99. The van der Waals surface area contributed by atoms with Gasteiger partial charge in [0.1, 0.15) is 0 Å². The van der Waals surface area contributed by atoms with Crippen LogP contribution in [0.1, 0.15) is 23.6 Å². The summed E-state index contributed by atoms with van der Waals surface area (Å²) in [4.78, 5) is 14.8. The predicted octanol–water partition coefficient (Wildman–Crippen LogP) is 11.3. The molecule has 0 spiro atoms. The highest BCUT2D eigenvalue weighted by Crippen LogP contribution is 2.57. The number of ether oxygens (including phenoxy) is 2. The van der Waals surface area contributed by atoms with Gasteiger partial charge in [-0.25, -0.2) is 15.0 Å².